The molecule has 0 bridgehead atoms. The first kappa shape index (κ1) is 22.1. The normalized spacial score (nSPS) is 17.5. The van der Waals surface area contributed by atoms with E-state index in [1.54, 1.807) is 28.3 Å². The molecular formula is C23H33NO6. The predicted molar refractivity (Wildman–Crippen MR) is 113 cm³/mol. The molecule has 7 heteroatoms. The van der Waals surface area contributed by atoms with E-state index in [4.69, 9.17) is 23.7 Å². The summed E-state index contributed by atoms with van der Waals surface area (Å²) < 4.78 is 27.7. The van der Waals surface area contributed by atoms with Crippen molar-refractivity contribution in [2.75, 3.05) is 34.5 Å². The number of amides is 1. The highest BCUT2D eigenvalue weighted by molar-refractivity contribution is 5.92. The van der Waals surface area contributed by atoms with E-state index in [0.29, 0.717) is 48.5 Å². The van der Waals surface area contributed by atoms with Gasteiger partial charge in [0.1, 0.15) is 19.0 Å². The van der Waals surface area contributed by atoms with E-state index in [2.05, 4.69) is 0 Å². The standard InChI is InChI=1S/C23H33NO6/c1-16-21(30-12-11-29-16)23(25)24(18-9-7-5-6-8-10-18)15-17-13-19(26-2)22(28-4)20(14-17)27-3/h13-14,18H,5-12,15H2,1-4H3. The van der Waals surface area contributed by atoms with Crippen molar-refractivity contribution in [1.82, 2.24) is 4.90 Å². The number of hydrogen-bond acceptors (Lipinski definition) is 6. The minimum atomic E-state index is -0.118. The van der Waals surface area contributed by atoms with Gasteiger partial charge in [0, 0.05) is 12.6 Å². The maximum atomic E-state index is 13.5. The van der Waals surface area contributed by atoms with Gasteiger partial charge in [0.25, 0.3) is 5.91 Å². The Balaban J connectivity index is 1.95. The van der Waals surface area contributed by atoms with Crippen LogP contribution in [0.15, 0.2) is 23.7 Å². The first-order chi connectivity index (χ1) is 14.6. The van der Waals surface area contributed by atoms with Gasteiger partial charge >= 0.3 is 0 Å². The van der Waals surface area contributed by atoms with Gasteiger partial charge in [-0.1, -0.05) is 25.7 Å². The molecule has 1 aliphatic carbocycles. The maximum absolute atomic E-state index is 13.5. The molecule has 1 amide bonds. The van der Waals surface area contributed by atoms with Gasteiger partial charge in [0.2, 0.25) is 11.5 Å². The summed E-state index contributed by atoms with van der Waals surface area (Å²) in [5, 5.41) is 0. The van der Waals surface area contributed by atoms with Crippen molar-refractivity contribution >= 4 is 5.91 Å². The van der Waals surface area contributed by atoms with E-state index in [0.717, 1.165) is 31.2 Å². The lowest BCUT2D eigenvalue weighted by molar-refractivity contribution is -0.136. The van der Waals surface area contributed by atoms with Crippen molar-refractivity contribution in [3.05, 3.63) is 29.2 Å². The largest absolute Gasteiger partial charge is 0.493 e. The number of carbonyl (C=O) groups excluding carboxylic acids is 1. The molecule has 0 aromatic heterocycles. The van der Waals surface area contributed by atoms with E-state index in [1.807, 2.05) is 17.0 Å². The first-order valence-corrected chi connectivity index (χ1v) is 10.6. The second-order valence-electron chi connectivity index (χ2n) is 7.69. The third-order valence-corrected chi connectivity index (χ3v) is 5.77. The zero-order valence-electron chi connectivity index (χ0n) is 18.5. The molecule has 30 heavy (non-hydrogen) atoms. The van der Waals surface area contributed by atoms with Gasteiger partial charge in [-0.15, -0.1) is 0 Å². The minimum absolute atomic E-state index is 0.118. The number of carbonyl (C=O) groups is 1. The van der Waals surface area contributed by atoms with Crippen molar-refractivity contribution in [3.63, 3.8) is 0 Å². The molecule has 3 rings (SSSR count). The summed E-state index contributed by atoms with van der Waals surface area (Å²) >= 11 is 0. The van der Waals surface area contributed by atoms with Crippen LogP contribution in [0.3, 0.4) is 0 Å². The molecule has 1 aromatic carbocycles. The SMILES string of the molecule is COc1cc(CN(C(=O)C2=C(C)OCCO2)C2CCCCCC2)cc(OC)c1OC. The number of allylic oxidation sites excluding steroid dienone is 1. The second kappa shape index (κ2) is 10.5. The van der Waals surface area contributed by atoms with Crippen LogP contribution < -0.4 is 14.2 Å². The summed E-state index contributed by atoms with van der Waals surface area (Å²) in [5.41, 5.74) is 0.914. The van der Waals surface area contributed by atoms with Crippen LogP contribution in [-0.4, -0.2) is 51.4 Å². The van der Waals surface area contributed by atoms with Crippen LogP contribution >= 0.6 is 0 Å². The second-order valence-corrected chi connectivity index (χ2v) is 7.69. The number of rotatable bonds is 7. The lowest BCUT2D eigenvalue weighted by atomic mass is 10.0. The monoisotopic (exact) mass is 419 g/mol. The molecule has 0 atom stereocenters. The molecule has 166 valence electrons. The van der Waals surface area contributed by atoms with Crippen LogP contribution in [-0.2, 0) is 20.8 Å². The molecule has 1 fully saturated rings. The highest BCUT2D eigenvalue weighted by Crippen LogP contribution is 2.39. The van der Waals surface area contributed by atoms with Crippen LogP contribution in [0.4, 0.5) is 0 Å². The Bertz CT molecular complexity index is 742. The molecule has 1 heterocycles. The molecule has 0 radical (unpaired) electrons. The smallest absolute Gasteiger partial charge is 0.293 e. The number of hydrogen-bond donors (Lipinski definition) is 0. The van der Waals surface area contributed by atoms with Gasteiger partial charge in [-0.3, -0.25) is 4.79 Å². The topological polar surface area (TPSA) is 66.5 Å². The molecular weight excluding hydrogens is 386 g/mol. The van der Waals surface area contributed by atoms with Crippen molar-refractivity contribution in [2.24, 2.45) is 0 Å². The van der Waals surface area contributed by atoms with Gasteiger partial charge in [-0.2, -0.15) is 0 Å². The molecule has 1 aromatic rings. The Morgan fingerprint density at radius 1 is 0.967 bits per heavy atom. The average Bonchev–Trinajstić information content (AvgIpc) is 3.06. The quantitative estimate of drug-likeness (QED) is 0.622. The van der Waals surface area contributed by atoms with Gasteiger partial charge in [-0.25, -0.2) is 0 Å². The van der Waals surface area contributed by atoms with Gasteiger partial charge in [0.15, 0.2) is 11.5 Å². The predicted octanol–water partition coefficient (Wildman–Crippen LogP) is 4.04. The Hall–Kier alpha value is -2.57. The minimum Gasteiger partial charge on any atom is -0.493 e. The molecule has 0 spiro atoms. The molecule has 2 aliphatic rings. The highest BCUT2D eigenvalue weighted by atomic mass is 16.6. The van der Waals surface area contributed by atoms with Gasteiger partial charge in [-0.05, 0) is 37.5 Å². The van der Waals surface area contributed by atoms with Crippen LogP contribution in [0.2, 0.25) is 0 Å². The Kier molecular flexibility index (Phi) is 7.71. The summed E-state index contributed by atoms with van der Waals surface area (Å²) in [4.78, 5) is 15.5. The zero-order valence-corrected chi connectivity index (χ0v) is 18.5. The van der Waals surface area contributed by atoms with E-state index in [9.17, 15) is 4.79 Å². The summed E-state index contributed by atoms with van der Waals surface area (Å²) in [5.74, 6) is 2.44. The van der Waals surface area contributed by atoms with Crippen LogP contribution in [0, 0.1) is 0 Å². The maximum Gasteiger partial charge on any atom is 0.293 e. The third-order valence-electron chi connectivity index (χ3n) is 5.77. The fourth-order valence-corrected chi connectivity index (χ4v) is 4.21. The Labute approximate surface area is 178 Å². The zero-order chi connectivity index (χ0) is 21.5. The highest BCUT2D eigenvalue weighted by Gasteiger charge is 2.31. The van der Waals surface area contributed by atoms with Crippen molar-refractivity contribution in [2.45, 2.75) is 58.0 Å². The summed E-state index contributed by atoms with van der Waals surface area (Å²) in [7, 11) is 4.77. The van der Waals surface area contributed by atoms with E-state index in [1.165, 1.54) is 12.8 Å². The third kappa shape index (κ3) is 4.94. The summed E-state index contributed by atoms with van der Waals surface area (Å²) in [6.45, 7) is 3.08. The lowest BCUT2D eigenvalue weighted by Gasteiger charge is -2.33. The average molecular weight is 420 g/mol. The summed E-state index contributed by atoms with van der Waals surface area (Å²) in [6.07, 6.45) is 6.65. The van der Waals surface area contributed by atoms with E-state index >= 15 is 0 Å². The van der Waals surface area contributed by atoms with Crippen molar-refractivity contribution < 1.29 is 28.5 Å². The Morgan fingerprint density at radius 2 is 1.57 bits per heavy atom. The van der Waals surface area contributed by atoms with E-state index in [-0.39, 0.29) is 11.9 Å². The molecule has 7 nitrogen and oxygen atoms in total. The van der Waals surface area contributed by atoms with Crippen molar-refractivity contribution in [3.8, 4) is 17.2 Å². The molecule has 0 unspecified atom stereocenters. The van der Waals surface area contributed by atoms with Gasteiger partial charge < -0.3 is 28.6 Å². The van der Waals surface area contributed by atoms with Crippen molar-refractivity contribution in [1.29, 1.82) is 0 Å². The fraction of sp³-hybridized carbons (Fsp3) is 0.609. The first-order valence-electron chi connectivity index (χ1n) is 10.6. The van der Waals surface area contributed by atoms with Gasteiger partial charge in [0.05, 0.1) is 21.3 Å². The Morgan fingerprint density at radius 3 is 2.10 bits per heavy atom. The number of benzene rings is 1. The van der Waals surface area contributed by atoms with E-state index < -0.39 is 0 Å². The molecule has 0 N–H and O–H groups in total. The molecule has 0 saturated heterocycles. The number of nitrogens with zero attached hydrogens (tertiary/aromatic N) is 1. The number of methoxy groups -OCH3 is 3. The molecule has 1 aliphatic heterocycles. The molecule has 1 saturated carbocycles. The summed E-state index contributed by atoms with van der Waals surface area (Å²) in [6, 6.07) is 3.96. The van der Waals surface area contributed by atoms with Crippen LogP contribution in [0.25, 0.3) is 0 Å². The number of ether oxygens (including phenoxy) is 5. The lowest BCUT2D eigenvalue weighted by Crippen LogP contribution is -2.42. The van der Waals surface area contributed by atoms with Crippen LogP contribution in [0.1, 0.15) is 51.0 Å². The fourth-order valence-electron chi connectivity index (χ4n) is 4.21. The van der Waals surface area contributed by atoms with Crippen LogP contribution in [0.5, 0.6) is 17.2 Å².